The number of unbranched alkanes of at least 4 members (excludes halogenated alkanes) is 1. The summed E-state index contributed by atoms with van der Waals surface area (Å²) in [6, 6.07) is 19.0. The molecule has 1 aliphatic rings. The molecule has 0 aromatic heterocycles. The fraction of sp³-hybridized carbons (Fsp3) is 0.161. The van der Waals surface area contributed by atoms with E-state index in [0.717, 1.165) is 18.4 Å². The second kappa shape index (κ2) is 9.94. The number of benzene rings is 4. The molecule has 0 unspecified atom stereocenters. The van der Waals surface area contributed by atoms with Gasteiger partial charge in [0, 0.05) is 16.9 Å². The highest BCUT2D eigenvalue weighted by atomic mass is 16.5. The number of nitrogens with two attached hydrogens (primary N) is 1. The molecule has 5 N–H and O–H groups in total. The van der Waals surface area contributed by atoms with Gasteiger partial charge in [0.25, 0.3) is 0 Å². The van der Waals surface area contributed by atoms with Gasteiger partial charge in [-0.2, -0.15) is 0 Å². The summed E-state index contributed by atoms with van der Waals surface area (Å²) in [6.45, 7) is 4.66. The quantitative estimate of drug-likeness (QED) is 0.115. The van der Waals surface area contributed by atoms with E-state index in [2.05, 4.69) is 12.2 Å². The zero-order valence-corrected chi connectivity index (χ0v) is 21.2. The predicted octanol–water partition coefficient (Wildman–Crippen LogP) is 6.35. The first kappa shape index (κ1) is 24.9. The van der Waals surface area contributed by atoms with Crippen LogP contribution in [0.2, 0.25) is 0 Å². The van der Waals surface area contributed by atoms with Crippen molar-refractivity contribution >= 4 is 28.6 Å². The molecule has 4 aromatic carbocycles. The molecule has 4 aromatic rings. The summed E-state index contributed by atoms with van der Waals surface area (Å²) in [5.41, 5.74) is 8.72. The van der Waals surface area contributed by atoms with Gasteiger partial charge in [-0.3, -0.25) is 9.59 Å². The molecule has 0 fully saturated rings. The summed E-state index contributed by atoms with van der Waals surface area (Å²) in [6.07, 6.45) is 1.97. The largest absolute Gasteiger partial charge is 0.507 e. The molecule has 5 rings (SSSR count). The van der Waals surface area contributed by atoms with Gasteiger partial charge in [-0.15, -0.1) is 0 Å². The molecule has 0 saturated carbocycles. The highest BCUT2D eigenvalue weighted by molar-refractivity contribution is 6.34. The van der Waals surface area contributed by atoms with Gasteiger partial charge in [0.15, 0.2) is 0 Å². The van der Waals surface area contributed by atoms with E-state index >= 15 is 0 Å². The Morgan fingerprint density at radius 2 is 1.53 bits per heavy atom. The van der Waals surface area contributed by atoms with Crippen molar-refractivity contribution < 1.29 is 24.5 Å². The Kier molecular flexibility index (Phi) is 6.51. The highest BCUT2D eigenvalue weighted by Crippen LogP contribution is 2.46. The van der Waals surface area contributed by atoms with Gasteiger partial charge in [-0.05, 0) is 61.4 Å². The predicted molar refractivity (Wildman–Crippen MR) is 148 cm³/mol. The molecule has 7 nitrogen and oxygen atoms in total. The fourth-order valence-corrected chi connectivity index (χ4v) is 4.64. The number of anilines is 3. The van der Waals surface area contributed by atoms with Crippen LogP contribution in [0.3, 0.4) is 0 Å². The standard InChI is InChI=1S/C31H28N2O5/c1-3-4-15-38-20-11-7-18(8-12-20)21-16-23(33-19-9-5-17(2)6-10-19)26-28(29(21)35)30(36)25-22(32)13-14-24(34)27(25)31(26)37/h5-14,16,33-35H,3-4,15,32H2,1-2H3. The minimum absolute atomic E-state index is 0.0234. The number of hydrogen-bond donors (Lipinski definition) is 4. The molecular weight excluding hydrogens is 480 g/mol. The van der Waals surface area contributed by atoms with Crippen LogP contribution in [0.4, 0.5) is 17.1 Å². The molecule has 0 atom stereocenters. The van der Waals surface area contributed by atoms with Crippen LogP contribution in [0.15, 0.2) is 66.7 Å². The summed E-state index contributed by atoms with van der Waals surface area (Å²) in [4.78, 5) is 27.5. The Morgan fingerprint density at radius 1 is 0.842 bits per heavy atom. The number of nitrogen functional groups attached to an aromatic ring is 1. The molecule has 0 spiro atoms. The molecule has 7 heteroatoms. The third kappa shape index (κ3) is 4.32. The van der Waals surface area contributed by atoms with Crippen molar-refractivity contribution in [2.45, 2.75) is 26.7 Å². The number of aromatic hydroxyl groups is 2. The van der Waals surface area contributed by atoms with Crippen LogP contribution >= 0.6 is 0 Å². The van der Waals surface area contributed by atoms with Gasteiger partial charge >= 0.3 is 0 Å². The van der Waals surface area contributed by atoms with E-state index in [1.165, 1.54) is 12.1 Å². The molecule has 0 radical (unpaired) electrons. The first-order valence-corrected chi connectivity index (χ1v) is 12.5. The lowest BCUT2D eigenvalue weighted by molar-refractivity contribution is 0.0975. The van der Waals surface area contributed by atoms with Gasteiger partial charge in [0.05, 0.1) is 34.5 Å². The van der Waals surface area contributed by atoms with Gasteiger partial charge in [0.1, 0.15) is 17.2 Å². The lowest BCUT2D eigenvalue weighted by Crippen LogP contribution is -2.24. The van der Waals surface area contributed by atoms with E-state index in [1.807, 2.05) is 31.2 Å². The van der Waals surface area contributed by atoms with Gasteiger partial charge in [-0.25, -0.2) is 0 Å². The zero-order valence-electron chi connectivity index (χ0n) is 21.2. The number of phenols is 2. The minimum Gasteiger partial charge on any atom is -0.507 e. The van der Waals surface area contributed by atoms with Crippen molar-refractivity contribution in [1.82, 2.24) is 0 Å². The van der Waals surface area contributed by atoms with Crippen molar-refractivity contribution in [1.29, 1.82) is 0 Å². The first-order valence-electron chi connectivity index (χ1n) is 12.5. The molecule has 0 heterocycles. The minimum atomic E-state index is -0.631. The summed E-state index contributed by atoms with van der Waals surface area (Å²) >= 11 is 0. The lowest BCUT2D eigenvalue weighted by atomic mass is 9.79. The lowest BCUT2D eigenvalue weighted by Gasteiger charge is -2.25. The number of aryl methyl sites for hydroxylation is 1. The van der Waals surface area contributed by atoms with Gasteiger partial charge < -0.3 is 26.0 Å². The van der Waals surface area contributed by atoms with E-state index in [0.29, 0.717) is 34.9 Å². The Balaban J connectivity index is 1.68. The third-order valence-electron chi connectivity index (χ3n) is 6.69. The van der Waals surface area contributed by atoms with Crippen LogP contribution in [0.5, 0.6) is 17.2 Å². The van der Waals surface area contributed by atoms with Crippen molar-refractivity contribution in [2.75, 3.05) is 17.7 Å². The number of hydrogen-bond acceptors (Lipinski definition) is 7. The van der Waals surface area contributed by atoms with E-state index in [4.69, 9.17) is 10.5 Å². The molecular formula is C31H28N2O5. The van der Waals surface area contributed by atoms with Gasteiger partial charge in [0.2, 0.25) is 11.6 Å². The molecule has 0 saturated heterocycles. The number of ether oxygens (including phenoxy) is 1. The average Bonchev–Trinajstić information content (AvgIpc) is 2.91. The van der Waals surface area contributed by atoms with E-state index in [1.54, 1.807) is 30.3 Å². The number of carbonyl (C=O) groups is 2. The summed E-state index contributed by atoms with van der Waals surface area (Å²) in [5.74, 6) is -1.21. The Morgan fingerprint density at radius 3 is 2.21 bits per heavy atom. The van der Waals surface area contributed by atoms with Crippen LogP contribution < -0.4 is 15.8 Å². The number of carbonyl (C=O) groups excluding carboxylic acids is 2. The van der Waals surface area contributed by atoms with E-state index in [9.17, 15) is 19.8 Å². The normalized spacial score (nSPS) is 12.2. The zero-order chi connectivity index (χ0) is 27.0. The highest BCUT2D eigenvalue weighted by Gasteiger charge is 2.38. The van der Waals surface area contributed by atoms with Crippen molar-refractivity contribution in [3.05, 3.63) is 94.5 Å². The number of ketones is 2. The molecule has 0 bridgehead atoms. The summed E-state index contributed by atoms with van der Waals surface area (Å²) in [7, 11) is 0. The second-order valence-electron chi connectivity index (χ2n) is 9.37. The van der Waals surface area contributed by atoms with Crippen LogP contribution in [0.1, 0.15) is 57.2 Å². The monoisotopic (exact) mass is 508 g/mol. The Labute approximate surface area is 220 Å². The maximum Gasteiger partial charge on any atom is 0.200 e. The number of fused-ring (bicyclic) bond motifs is 2. The number of phenolic OH excluding ortho intramolecular Hbond substituents is 2. The smallest absolute Gasteiger partial charge is 0.200 e. The molecule has 192 valence electrons. The maximum atomic E-state index is 13.7. The number of rotatable bonds is 7. The third-order valence-corrected chi connectivity index (χ3v) is 6.69. The average molecular weight is 509 g/mol. The van der Waals surface area contributed by atoms with E-state index in [-0.39, 0.29) is 39.4 Å². The van der Waals surface area contributed by atoms with Crippen LogP contribution in [0.25, 0.3) is 11.1 Å². The topological polar surface area (TPSA) is 122 Å². The second-order valence-corrected chi connectivity index (χ2v) is 9.37. The maximum absolute atomic E-state index is 13.7. The molecule has 38 heavy (non-hydrogen) atoms. The molecule has 0 amide bonds. The van der Waals surface area contributed by atoms with Crippen molar-refractivity contribution in [2.24, 2.45) is 0 Å². The van der Waals surface area contributed by atoms with Crippen LogP contribution in [-0.4, -0.2) is 28.4 Å². The van der Waals surface area contributed by atoms with E-state index < -0.39 is 11.6 Å². The van der Waals surface area contributed by atoms with Gasteiger partial charge in [-0.1, -0.05) is 43.2 Å². The number of nitrogens with one attached hydrogen (secondary N) is 1. The van der Waals surface area contributed by atoms with Crippen LogP contribution in [-0.2, 0) is 0 Å². The Hall–Kier alpha value is -4.78. The SMILES string of the molecule is CCCCOc1ccc(-c2cc(Nc3ccc(C)cc3)c3c(c2O)C(=O)c2c(N)ccc(O)c2C3=O)cc1. The molecule has 1 aliphatic carbocycles. The summed E-state index contributed by atoms with van der Waals surface area (Å²) in [5, 5.41) is 25.1. The first-order chi connectivity index (χ1) is 18.3. The summed E-state index contributed by atoms with van der Waals surface area (Å²) < 4.78 is 5.75. The fourth-order valence-electron chi connectivity index (χ4n) is 4.64. The van der Waals surface area contributed by atoms with Crippen molar-refractivity contribution in [3.63, 3.8) is 0 Å². The van der Waals surface area contributed by atoms with Crippen LogP contribution in [0, 0.1) is 6.92 Å². The Bertz CT molecular complexity index is 1560. The molecule has 0 aliphatic heterocycles. The van der Waals surface area contributed by atoms with Crippen molar-refractivity contribution in [3.8, 4) is 28.4 Å².